The summed E-state index contributed by atoms with van der Waals surface area (Å²) in [5, 5.41) is 5.45. The lowest BCUT2D eigenvalue weighted by Crippen LogP contribution is -2.05. The van der Waals surface area contributed by atoms with Gasteiger partial charge in [-0.25, -0.2) is 9.97 Å². The summed E-state index contributed by atoms with van der Waals surface area (Å²) < 4.78 is 0. The molecule has 0 aliphatic heterocycles. The fourth-order valence-electron chi connectivity index (χ4n) is 3.61. The quantitative estimate of drug-likeness (QED) is 0.473. The summed E-state index contributed by atoms with van der Waals surface area (Å²) in [4.78, 5) is 30.5. The molecule has 2 aromatic carbocycles. The van der Waals surface area contributed by atoms with Crippen LogP contribution in [-0.2, 0) is 6.54 Å². The molecule has 0 aliphatic rings. The molecule has 0 saturated carbocycles. The largest absolute Gasteiger partial charge is 0.379 e. The number of hydrogen-bond donors (Lipinski definition) is 1. The Balaban J connectivity index is 1.59. The van der Waals surface area contributed by atoms with Crippen molar-refractivity contribution in [2.75, 3.05) is 5.32 Å². The van der Waals surface area contributed by atoms with E-state index in [4.69, 9.17) is 0 Å². The molecule has 3 heterocycles. The van der Waals surface area contributed by atoms with Gasteiger partial charge in [-0.3, -0.25) is 14.8 Å². The molecule has 0 radical (unpaired) electrons. The minimum absolute atomic E-state index is 0.0566. The molecule has 0 unspecified atom stereocenters. The van der Waals surface area contributed by atoms with Crippen molar-refractivity contribution in [1.29, 1.82) is 0 Å². The molecule has 0 spiro atoms. The van der Waals surface area contributed by atoms with Gasteiger partial charge in [0.15, 0.2) is 5.43 Å². The average Bonchev–Trinajstić information content (AvgIpc) is 2.95. The van der Waals surface area contributed by atoms with Gasteiger partial charge in [-0.2, -0.15) is 0 Å². The Morgan fingerprint density at radius 2 is 1.71 bits per heavy atom. The molecule has 0 saturated heterocycles. The normalized spacial score (nSPS) is 11.0. The molecule has 3 aromatic heterocycles. The summed E-state index contributed by atoms with van der Waals surface area (Å²) >= 11 is 0. The lowest BCUT2D eigenvalue weighted by atomic mass is 10.1. The van der Waals surface area contributed by atoms with E-state index in [-0.39, 0.29) is 5.43 Å². The van der Waals surface area contributed by atoms with Crippen LogP contribution in [0.4, 0.5) is 5.69 Å². The van der Waals surface area contributed by atoms with E-state index in [9.17, 15) is 4.79 Å². The van der Waals surface area contributed by atoms with Gasteiger partial charge in [0.25, 0.3) is 0 Å². The molecule has 1 N–H and O–H groups in total. The van der Waals surface area contributed by atoms with Gasteiger partial charge in [-0.05, 0) is 48.2 Å². The smallest absolute Gasteiger partial charge is 0.195 e. The first-order chi connectivity index (χ1) is 15.2. The SMILES string of the molecule is Cc1cccnc1CNc1ccc2ccc3ncc(-c4cncnc4)cc3c(=O)c2c1. The fraction of sp³-hybridized carbons (Fsp3) is 0.0800. The third-order valence-corrected chi connectivity index (χ3v) is 5.35. The summed E-state index contributed by atoms with van der Waals surface area (Å²) in [6.07, 6.45) is 8.43. The number of nitrogens with one attached hydrogen (secondary N) is 1. The van der Waals surface area contributed by atoms with Crippen molar-refractivity contribution in [3.8, 4) is 11.1 Å². The van der Waals surface area contributed by atoms with Crippen LogP contribution in [0.15, 0.2) is 84.4 Å². The molecule has 6 nitrogen and oxygen atoms in total. The average molecular weight is 405 g/mol. The first-order valence-corrected chi connectivity index (χ1v) is 9.96. The number of benzene rings is 1. The third-order valence-electron chi connectivity index (χ3n) is 5.35. The van der Waals surface area contributed by atoms with E-state index >= 15 is 0 Å². The highest BCUT2D eigenvalue weighted by Crippen LogP contribution is 2.23. The Morgan fingerprint density at radius 3 is 2.55 bits per heavy atom. The predicted molar refractivity (Wildman–Crippen MR) is 123 cm³/mol. The molecule has 0 fully saturated rings. The van der Waals surface area contributed by atoms with Crippen LogP contribution in [0.2, 0.25) is 0 Å². The van der Waals surface area contributed by atoms with Gasteiger partial charge in [0, 0.05) is 52.4 Å². The lowest BCUT2D eigenvalue weighted by Gasteiger charge is -2.08. The van der Waals surface area contributed by atoms with Crippen molar-refractivity contribution in [2.45, 2.75) is 13.5 Å². The van der Waals surface area contributed by atoms with Crippen LogP contribution in [0.1, 0.15) is 11.3 Å². The minimum atomic E-state index is -0.0566. The number of anilines is 1. The van der Waals surface area contributed by atoms with Gasteiger partial charge >= 0.3 is 0 Å². The van der Waals surface area contributed by atoms with E-state index < -0.39 is 0 Å². The number of fused-ring (bicyclic) bond motifs is 2. The molecule has 0 atom stereocenters. The van der Waals surface area contributed by atoms with E-state index in [1.165, 1.54) is 6.33 Å². The van der Waals surface area contributed by atoms with Crippen LogP contribution >= 0.6 is 0 Å². The topological polar surface area (TPSA) is 80.7 Å². The van der Waals surface area contributed by atoms with Gasteiger partial charge in [0.1, 0.15) is 6.33 Å². The van der Waals surface area contributed by atoms with Crippen molar-refractivity contribution < 1.29 is 0 Å². The molecular weight excluding hydrogens is 386 g/mol. The second kappa shape index (κ2) is 7.91. The van der Waals surface area contributed by atoms with Crippen LogP contribution in [0.25, 0.3) is 32.8 Å². The molecule has 0 aliphatic carbocycles. The number of pyridine rings is 2. The molecule has 0 bridgehead atoms. The summed E-state index contributed by atoms with van der Waals surface area (Å²) in [6, 6.07) is 15.5. The highest BCUT2D eigenvalue weighted by atomic mass is 16.1. The predicted octanol–water partition coefficient (Wildman–Crippen LogP) is 4.52. The second-order valence-electron chi connectivity index (χ2n) is 7.37. The number of nitrogens with zero attached hydrogens (tertiary/aromatic N) is 4. The van der Waals surface area contributed by atoms with Crippen molar-refractivity contribution in [3.63, 3.8) is 0 Å². The van der Waals surface area contributed by atoms with E-state index in [1.807, 2.05) is 55.5 Å². The zero-order valence-electron chi connectivity index (χ0n) is 16.9. The molecular formula is C25H19N5O. The Bertz CT molecular complexity index is 1470. The second-order valence-corrected chi connectivity index (χ2v) is 7.37. The zero-order chi connectivity index (χ0) is 21.2. The van der Waals surface area contributed by atoms with Crippen LogP contribution in [-0.4, -0.2) is 19.9 Å². The maximum Gasteiger partial charge on any atom is 0.195 e. The number of hydrogen-bond acceptors (Lipinski definition) is 6. The fourth-order valence-corrected chi connectivity index (χ4v) is 3.61. The van der Waals surface area contributed by atoms with Crippen molar-refractivity contribution >= 4 is 27.4 Å². The maximum atomic E-state index is 13.4. The molecule has 150 valence electrons. The first kappa shape index (κ1) is 18.8. The van der Waals surface area contributed by atoms with Crippen molar-refractivity contribution in [3.05, 3.63) is 101 Å². The van der Waals surface area contributed by atoms with E-state index in [2.05, 4.69) is 25.3 Å². The van der Waals surface area contributed by atoms with E-state index in [0.29, 0.717) is 22.8 Å². The third kappa shape index (κ3) is 3.71. The summed E-state index contributed by atoms with van der Waals surface area (Å²) in [7, 11) is 0. The van der Waals surface area contributed by atoms with Gasteiger partial charge in [-0.15, -0.1) is 0 Å². The molecule has 31 heavy (non-hydrogen) atoms. The van der Waals surface area contributed by atoms with E-state index in [1.54, 1.807) is 24.8 Å². The maximum absolute atomic E-state index is 13.4. The van der Waals surface area contributed by atoms with Crippen molar-refractivity contribution in [2.24, 2.45) is 0 Å². The highest BCUT2D eigenvalue weighted by molar-refractivity contribution is 5.94. The van der Waals surface area contributed by atoms with Crippen LogP contribution in [0.3, 0.4) is 0 Å². The Morgan fingerprint density at radius 1 is 0.871 bits per heavy atom. The zero-order valence-corrected chi connectivity index (χ0v) is 16.9. The number of aromatic nitrogens is 4. The lowest BCUT2D eigenvalue weighted by molar-refractivity contribution is 1.02. The van der Waals surface area contributed by atoms with E-state index in [0.717, 1.165) is 33.5 Å². The van der Waals surface area contributed by atoms with Crippen LogP contribution < -0.4 is 10.7 Å². The number of rotatable bonds is 4. The van der Waals surface area contributed by atoms with Gasteiger partial charge in [0.05, 0.1) is 17.8 Å². The van der Waals surface area contributed by atoms with Gasteiger partial charge in [-0.1, -0.05) is 18.2 Å². The van der Waals surface area contributed by atoms with Crippen LogP contribution in [0.5, 0.6) is 0 Å². The standard InChI is InChI=1S/C25H19N5O/c1-16-3-2-8-28-24(16)14-29-20-6-4-17-5-7-23-22(25(31)21(17)10-20)9-18(13-30-23)19-11-26-15-27-12-19/h2-13,15,29H,14H2,1H3. The summed E-state index contributed by atoms with van der Waals surface area (Å²) in [6.45, 7) is 2.63. The molecule has 5 aromatic rings. The molecule has 5 rings (SSSR count). The molecule has 6 heteroatoms. The summed E-state index contributed by atoms with van der Waals surface area (Å²) in [5.41, 5.74) is 5.20. The van der Waals surface area contributed by atoms with Gasteiger partial charge < -0.3 is 5.32 Å². The Hall–Kier alpha value is -4.19. The Labute approximate surface area is 178 Å². The van der Waals surface area contributed by atoms with Gasteiger partial charge in [0.2, 0.25) is 0 Å². The first-order valence-electron chi connectivity index (χ1n) is 9.96. The minimum Gasteiger partial charge on any atom is -0.379 e. The monoisotopic (exact) mass is 405 g/mol. The van der Waals surface area contributed by atoms with Crippen LogP contribution in [0, 0.1) is 6.92 Å². The van der Waals surface area contributed by atoms with Crippen molar-refractivity contribution in [1.82, 2.24) is 19.9 Å². The Kier molecular flexibility index (Phi) is 4.80. The highest BCUT2D eigenvalue weighted by Gasteiger charge is 2.08. The summed E-state index contributed by atoms with van der Waals surface area (Å²) in [5.74, 6) is 0. The molecule has 0 amide bonds. The number of aryl methyl sites for hydroxylation is 1.